The molecule has 0 atom stereocenters. The summed E-state index contributed by atoms with van der Waals surface area (Å²) in [5, 5.41) is 9.98. The van der Waals surface area contributed by atoms with E-state index in [0.29, 0.717) is 15.6 Å². The van der Waals surface area contributed by atoms with Crippen molar-refractivity contribution in [1.29, 1.82) is 5.26 Å². The van der Waals surface area contributed by atoms with E-state index in [1.165, 1.54) is 0 Å². The third-order valence-electron chi connectivity index (χ3n) is 2.31. The predicted molar refractivity (Wildman–Crippen MR) is 79.3 cm³/mol. The van der Waals surface area contributed by atoms with Gasteiger partial charge in [-0.1, -0.05) is 35.3 Å². The molecule has 0 aliphatic carbocycles. The molecule has 0 unspecified atom stereocenters. The minimum absolute atomic E-state index is 0.617. The zero-order chi connectivity index (χ0) is 12.4. The van der Waals surface area contributed by atoms with E-state index in [2.05, 4.69) is 28.7 Å². The van der Waals surface area contributed by atoms with E-state index in [1.807, 2.05) is 24.3 Å². The Labute approximate surface area is 123 Å². The maximum Gasteiger partial charge on any atom is 0.0991 e. The number of hydrogen-bond donors (Lipinski definition) is 0. The first-order chi connectivity index (χ1) is 8.11. The Kier molecular flexibility index (Phi) is 3.93. The summed E-state index contributed by atoms with van der Waals surface area (Å²) in [6, 6.07) is 13.0. The third-order valence-corrected chi connectivity index (χ3v) is 3.53. The first-order valence-corrected chi connectivity index (χ1v) is 6.60. The van der Waals surface area contributed by atoms with Gasteiger partial charge < -0.3 is 0 Å². The van der Waals surface area contributed by atoms with Gasteiger partial charge in [0.25, 0.3) is 0 Å². The molecular formula is C13H6Cl2IN. The highest BCUT2D eigenvalue weighted by Crippen LogP contribution is 2.36. The second-order valence-corrected chi connectivity index (χ2v) is 5.49. The lowest BCUT2D eigenvalue weighted by Crippen LogP contribution is -1.84. The van der Waals surface area contributed by atoms with Crippen molar-refractivity contribution in [3.63, 3.8) is 0 Å². The molecule has 0 radical (unpaired) electrons. The SMILES string of the molecule is N#Cc1ccc(-c2c(Cl)cc(I)cc2Cl)cc1. The summed E-state index contributed by atoms with van der Waals surface area (Å²) in [6.45, 7) is 0. The van der Waals surface area contributed by atoms with Gasteiger partial charge in [0.05, 0.1) is 21.7 Å². The van der Waals surface area contributed by atoms with Gasteiger partial charge in [-0.15, -0.1) is 0 Å². The van der Waals surface area contributed by atoms with Crippen LogP contribution in [0, 0.1) is 14.9 Å². The molecule has 0 N–H and O–H groups in total. The van der Waals surface area contributed by atoms with E-state index in [-0.39, 0.29) is 0 Å². The molecular weight excluding hydrogens is 368 g/mol. The van der Waals surface area contributed by atoms with Crippen LogP contribution in [0.2, 0.25) is 10.0 Å². The van der Waals surface area contributed by atoms with E-state index in [9.17, 15) is 0 Å². The molecule has 0 aliphatic heterocycles. The Bertz CT molecular complexity index is 577. The van der Waals surface area contributed by atoms with Crippen molar-refractivity contribution in [2.75, 3.05) is 0 Å². The fraction of sp³-hybridized carbons (Fsp3) is 0. The highest BCUT2D eigenvalue weighted by atomic mass is 127. The predicted octanol–water partition coefficient (Wildman–Crippen LogP) is 5.14. The first-order valence-electron chi connectivity index (χ1n) is 4.77. The quantitative estimate of drug-likeness (QED) is 0.635. The van der Waals surface area contributed by atoms with Crippen molar-refractivity contribution in [3.8, 4) is 17.2 Å². The normalized spacial score (nSPS) is 10.0. The first kappa shape index (κ1) is 12.7. The lowest BCUT2D eigenvalue weighted by atomic mass is 10.0. The molecule has 4 heteroatoms. The van der Waals surface area contributed by atoms with Crippen molar-refractivity contribution in [2.24, 2.45) is 0 Å². The van der Waals surface area contributed by atoms with E-state index in [1.54, 1.807) is 12.1 Å². The van der Waals surface area contributed by atoms with E-state index in [4.69, 9.17) is 28.5 Å². The van der Waals surface area contributed by atoms with Gasteiger partial charge >= 0.3 is 0 Å². The molecule has 2 aromatic rings. The minimum Gasteiger partial charge on any atom is -0.192 e. The van der Waals surface area contributed by atoms with Crippen LogP contribution in [0.5, 0.6) is 0 Å². The van der Waals surface area contributed by atoms with Crippen LogP contribution in [0.1, 0.15) is 5.56 Å². The van der Waals surface area contributed by atoms with Crippen molar-refractivity contribution < 1.29 is 0 Å². The highest BCUT2D eigenvalue weighted by Gasteiger charge is 2.09. The molecule has 1 nitrogen and oxygen atoms in total. The fourth-order valence-electron chi connectivity index (χ4n) is 1.53. The molecule has 0 saturated carbocycles. The molecule has 0 fully saturated rings. The largest absolute Gasteiger partial charge is 0.192 e. The lowest BCUT2D eigenvalue weighted by Gasteiger charge is -2.08. The second-order valence-electron chi connectivity index (χ2n) is 3.43. The average molecular weight is 374 g/mol. The minimum atomic E-state index is 0.617. The Morgan fingerprint density at radius 1 is 1.00 bits per heavy atom. The molecule has 84 valence electrons. The summed E-state index contributed by atoms with van der Waals surface area (Å²) in [6.07, 6.45) is 0. The summed E-state index contributed by atoms with van der Waals surface area (Å²) in [7, 11) is 0. The molecule has 0 heterocycles. The Morgan fingerprint density at radius 2 is 1.53 bits per heavy atom. The molecule has 17 heavy (non-hydrogen) atoms. The van der Waals surface area contributed by atoms with Gasteiger partial charge in [0.2, 0.25) is 0 Å². The molecule has 0 bridgehead atoms. The van der Waals surface area contributed by atoms with Gasteiger partial charge in [-0.05, 0) is 52.4 Å². The number of hydrogen-bond acceptors (Lipinski definition) is 1. The van der Waals surface area contributed by atoms with E-state index >= 15 is 0 Å². The van der Waals surface area contributed by atoms with Gasteiger partial charge in [-0.25, -0.2) is 0 Å². The molecule has 0 spiro atoms. The average Bonchev–Trinajstić information content (AvgIpc) is 2.28. The van der Waals surface area contributed by atoms with Crippen molar-refractivity contribution in [3.05, 3.63) is 55.6 Å². The van der Waals surface area contributed by atoms with Crippen LogP contribution in [0.4, 0.5) is 0 Å². The van der Waals surface area contributed by atoms with Crippen LogP contribution in [-0.2, 0) is 0 Å². The number of rotatable bonds is 1. The monoisotopic (exact) mass is 373 g/mol. The Hall–Kier alpha value is -0.760. The van der Waals surface area contributed by atoms with Gasteiger partial charge in [0, 0.05) is 9.13 Å². The van der Waals surface area contributed by atoms with Gasteiger partial charge in [-0.3, -0.25) is 0 Å². The summed E-state index contributed by atoms with van der Waals surface area (Å²) >= 11 is 14.5. The van der Waals surface area contributed by atoms with Crippen molar-refractivity contribution in [1.82, 2.24) is 0 Å². The maximum absolute atomic E-state index is 8.74. The van der Waals surface area contributed by atoms with Gasteiger partial charge in [-0.2, -0.15) is 5.26 Å². The molecule has 2 aromatic carbocycles. The molecule has 0 amide bonds. The van der Waals surface area contributed by atoms with Crippen LogP contribution >= 0.6 is 45.8 Å². The summed E-state index contributed by atoms with van der Waals surface area (Å²) in [5.41, 5.74) is 2.33. The van der Waals surface area contributed by atoms with Gasteiger partial charge in [0.1, 0.15) is 0 Å². The summed E-state index contributed by atoms with van der Waals surface area (Å²) < 4.78 is 0.995. The summed E-state index contributed by atoms with van der Waals surface area (Å²) in [5.74, 6) is 0. The van der Waals surface area contributed by atoms with E-state index < -0.39 is 0 Å². The smallest absolute Gasteiger partial charge is 0.0991 e. The van der Waals surface area contributed by atoms with Crippen molar-refractivity contribution in [2.45, 2.75) is 0 Å². The topological polar surface area (TPSA) is 23.8 Å². The Morgan fingerprint density at radius 3 is 2.00 bits per heavy atom. The van der Waals surface area contributed by atoms with Gasteiger partial charge in [0.15, 0.2) is 0 Å². The highest BCUT2D eigenvalue weighted by molar-refractivity contribution is 14.1. The molecule has 0 aromatic heterocycles. The van der Waals surface area contributed by atoms with Crippen molar-refractivity contribution >= 4 is 45.8 Å². The zero-order valence-corrected chi connectivity index (χ0v) is 12.2. The maximum atomic E-state index is 8.74. The third kappa shape index (κ3) is 2.74. The molecule has 0 aliphatic rings. The number of halogens is 3. The van der Waals surface area contributed by atoms with Crippen LogP contribution in [0.3, 0.4) is 0 Å². The standard InChI is InChI=1S/C13H6Cl2IN/c14-11-5-10(16)6-12(15)13(11)9-3-1-8(7-17)2-4-9/h1-6H. The number of nitrogens with zero attached hydrogens (tertiary/aromatic N) is 1. The van der Waals surface area contributed by atoms with E-state index in [0.717, 1.165) is 14.7 Å². The zero-order valence-electron chi connectivity index (χ0n) is 8.55. The fourth-order valence-corrected chi connectivity index (χ4v) is 3.23. The summed E-state index contributed by atoms with van der Waals surface area (Å²) in [4.78, 5) is 0. The number of nitriles is 1. The lowest BCUT2D eigenvalue weighted by molar-refractivity contribution is 1.48. The molecule has 0 saturated heterocycles. The number of benzene rings is 2. The van der Waals surface area contributed by atoms with Crippen LogP contribution in [0.15, 0.2) is 36.4 Å². The molecule has 2 rings (SSSR count). The second kappa shape index (κ2) is 5.26. The van der Waals surface area contributed by atoms with Crippen LogP contribution in [-0.4, -0.2) is 0 Å². The van der Waals surface area contributed by atoms with Crippen LogP contribution < -0.4 is 0 Å². The Balaban J connectivity index is 2.57. The van der Waals surface area contributed by atoms with Crippen LogP contribution in [0.25, 0.3) is 11.1 Å².